The monoisotopic (exact) mass is 281 g/mol. The fourth-order valence-electron chi connectivity index (χ4n) is 2.32. The van der Waals surface area contributed by atoms with Crippen molar-refractivity contribution in [1.82, 2.24) is 4.90 Å². The Labute approximate surface area is 121 Å². The first-order chi connectivity index (χ1) is 9.20. The molecule has 4 nitrogen and oxygen atoms in total. The summed E-state index contributed by atoms with van der Waals surface area (Å²) in [5.41, 5.74) is 1.09. The molecule has 0 bridgehead atoms. The topological polar surface area (TPSA) is 57.6 Å². The summed E-state index contributed by atoms with van der Waals surface area (Å²) in [6.45, 7) is 9.76. The Morgan fingerprint density at radius 1 is 1.35 bits per heavy atom. The molecule has 1 atom stereocenters. The number of carbonyl (C=O) groups is 2. The second kappa shape index (κ2) is 6.91. The highest BCUT2D eigenvalue weighted by Gasteiger charge is 2.24. The molecule has 0 aromatic heterocycles. The lowest BCUT2D eigenvalue weighted by Gasteiger charge is -2.32. The summed E-state index contributed by atoms with van der Waals surface area (Å²) in [7, 11) is 0. The number of aliphatic carboxylic acids is 1. The highest BCUT2D eigenvalue weighted by Crippen LogP contribution is 2.26. The van der Waals surface area contributed by atoms with Gasteiger partial charge < -0.3 is 10.0 Å². The summed E-state index contributed by atoms with van der Waals surface area (Å²) >= 11 is 0. The number of hydrogen-bond donors (Lipinski definition) is 1. The standard InChI is InChI=1S/C16H27NO3/c1-12(16(2,3)4)10-14(18)17-9-5-6-13(11-17)7-8-15(19)20/h10,13H,5-9,11H2,1-4H3,(H,19,20)/b12-10+/t13-/m0/s1. The van der Waals surface area contributed by atoms with Gasteiger partial charge in [-0.05, 0) is 37.5 Å². The van der Waals surface area contributed by atoms with Gasteiger partial charge in [0.2, 0.25) is 5.91 Å². The van der Waals surface area contributed by atoms with E-state index in [1.165, 1.54) is 0 Å². The maximum Gasteiger partial charge on any atom is 0.303 e. The molecule has 0 aromatic rings. The molecule has 0 radical (unpaired) electrons. The zero-order valence-corrected chi connectivity index (χ0v) is 13.1. The minimum Gasteiger partial charge on any atom is -0.481 e. The van der Waals surface area contributed by atoms with Crippen molar-refractivity contribution in [3.05, 3.63) is 11.6 Å². The van der Waals surface area contributed by atoms with Gasteiger partial charge in [-0.1, -0.05) is 26.3 Å². The van der Waals surface area contributed by atoms with Crippen LogP contribution in [0.25, 0.3) is 0 Å². The molecule has 1 fully saturated rings. The van der Waals surface area contributed by atoms with Gasteiger partial charge in [-0.2, -0.15) is 0 Å². The molecule has 0 spiro atoms. The van der Waals surface area contributed by atoms with Gasteiger partial charge in [0.25, 0.3) is 0 Å². The Morgan fingerprint density at radius 3 is 2.55 bits per heavy atom. The van der Waals surface area contributed by atoms with Crippen LogP contribution >= 0.6 is 0 Å². The maximum atomic E-state index is 12.3. The first-order valence-corrected chi connectivity index (χ1v) is 7.39. The van der Waals surface area contributed by atoms with E-state index in [1.54, 1.807) is 6.08 Å². The van der Waals surface area contributed by atoms with Gasteiger partial charge in [0.05, 0.1) is 0 Å². The van der Waals surface area contributed by atoms with Crippen LogP contribution in [0.4, 0.5) is 0 Å². The average Bonchev–Trinajstić information content (AvgIpc) is 2.35. The Bertz CT molecular complexity index is 393. The van der Waals surface area contributed by atoms with Crippen molar-refractivity contribution < 1.29 is 14.7 Å². The van der Waals surface area contributed by atoms with E-state index in [4.69, 9.17) is 5.11 Å². The number of carbonyl (C=O) groups excluding carboxylic acids is 1. The van der Waals surface area contributed by atoms with Crippen LogP contribution in [-0.2, 0) is 9.59 Å². The molecule has 1 heterocycles. The van der Waals surface area contributed by atoms with Crippen molar-refractivity contribution in [1.29, 1.82) is 0 Å². The van der Waals surface area contributed by atoms with E-state index in [0.29, 0.717) is 18.9 Å². The first kappa shape index (κ1) is 16.7. The third-order valence-electron chi connectivity index (χ3n) is 4.12. The van der Waals surface area contributed by atoms with Crippen LogP contribution in [-0.4, -0.2) is 35.0 Å². The maximum absolute atomic E-state index is 12.3. The van der Waals surface area contributed by atoms with Crippen molar-refractivity contribution in [2.45, 2.75) is 53.4 Å². The molecular formula is C16H27NO3. The number of carboxylic acid groups (broad SMARTS) is 1. The van der Waals surface area contributed by atoms with E-state index in [2.05, 4.69) is 20.8 Å². The second-order valence-electron chi connectivity index (χ2n) is 6.80. The summed E-state index contributed by atoms with van der Waals surface area (Å²) in [5.74, 6) is -0.360. The molecule has 0 aliphatic carbocycles. The van der Waals surface area contributed by atoms with Gasteiger partial charge in [-0.25, -0.2) is 0 Å². The molecule has 1 saturated heterocycles. The number of hydrogen-bond acceptors (Lipinski definition) is 2. The normalized spacial score (nSPS) is 20.9. The molecule has 0 aromatic carbocycles. The molecule has 20 heavy (non-hydrogen) atoms. The highest BCUT2D eigenvalue weighted by molar-refractivity contribution is 5.88. The molecule has 1 amide bonds. The molecule has 1 aliphatic heterocycles. The molecular weight excluding hydrogens is 254 g/mol. The molecule has 114 valence electrons. The number of amides is 1. The number of piperidine rings is 1. The van der Waals surface area contributed by atoms with Crippen LogP contribution in [0.15, 0.2) is 11.6 Å². The van der Waals surface area contributed by atoms with E-state index < -0.39 is 5.97 Å². The summed E-state index contributed by atoms with van der Waals surface area (Å²) in [4.78, 5) is 24.8. The number of rotatable bonds is 4. The summed E-state index contributed by atoms with van der Waals surface area (Å²) in [6.07, 6.45) is 4.60. The van der Waals surface area contributed by atoms with E-state index in [9.17, 15) is 9.59 Å². The van der Waals surface area contributed by atoms with Gasteiger partial charge in [0.1, 0.15) is 0 Å². The molecule has 1 rings (SSSR count). The van der Waals surface area contributed by atoms with E-state index in [0.717, 1.165) is 25.0 Å². The van der Waals surface area contributed by atoms with Crippen molar-refractivity contribution in [3.8, 4) is 0 Å². The van der Waals surface area contributed by atoms with Gasteiger partial charge in [-0.15, -0.1) is 0 Å². The number of allylic oxidation sites excluding steroid dienone is 1. The molecule has 1 aliphatic rings. The summed E-state index contributed by atoms with van der Waals surface area (Å²) in [5, 5.41) is 8.74. The van der Waals surface area contributed by atoms with Crippen LogP contribution < -0.4 is 0 Å². The van der Waals surface area contributed by atoms with Crippen LogP contribution in [0.1, 0.15) is 53.4 Å². The highest BCUT2D eigenvalue weighted by atomic mass is 16.4. The zero-order valence-electron chi connectivity index (χ0n) is 13.1. The fraction of sp³-hybridized carbons (Fsp3) is 0.750. The first-order valence-electron chi connectivity index (χ1n) is 7.39. The summed E-state index contributed by atoms with van der Waals surface area (Å²) in [6, 6.07) is 0. The molecule has 1 N–H and O–H groups in total. The molecule has 4 heteroatoms. The van der Waals surface area contributed by atoms with Gasteiger partial charge in [-0.3, -0.25) is 9.59 Å². The van der Waals surface area contributed by atoms with Crippen molar-refractivity contribution in [3.63, 3.8) is 0 Å². The summed E-state index contributed by atoms with van der Waals surface area (Å²) < 4.78 is 0. The van der Waals surface area contributed by atoms with E-state index in [-0.39, 0.29) is 17.7 Å². The van der Waals surface area contributed by atoms with Crippen molar-refractivity contribution in [2.75, 3.05) is 13.1 Å². The number of carboxylic acids is 1. The zero-order chi connectivity index (χ0) is 15.3. The Balaban J connectivity index is 2.58. The lowest BCUT2D eigenvalue weighted by Crippen LogP contribution is -2.39. The molecule has 0 unspecified atom stereocenters. The molecule has 0 saturated carbocycles. The van der Waals surface area contributed by atoms with Gasteiger partial charge in [0, 0.05) is 25.6 Å². The lowest BCUT2D eigenvalue weighted by molar-refractivity contribution is -0.137. The lowest BCUT2D eigenvalue weighted by atomic mass is 9.87. The second-order valence-corrected chi connectivity index (χ2v) is 6.80. The van der Waals surface area contributed by atoms with Crippen molar-refractivity contribution >= 4 is 11.9 Å². The predicted molar refractivity (Wildman–Crippen MR) is 79.4 cm³/mol. The van der Waals surface area contributed by atoms with Crippen LogP contribution in [0.2, 0.25) is 0 Å². The largest absolute Gasteiger partial charge is 0.481 e. The average molecular weight is 281 g/mol. The van der Waals surface area contributed by atoms with Crippen LogP contribution in [0.5, 0.6) is 0 Å². The number of nitrogens with zero attached hydrogens (tertiary/aromatic N) is 1. The SMILES string of the molecule is C/C(=C\C(=O)N1CCC[C@@H](CCC(=O)O)C1)C(C)(C)C. The van der Waals surface area contributed by atoms with Gasteiger partial charge in [0.15, 0.2) is 0 Å². The van der Waals surface area contributed by atoms with Gasteiger partial charge >= 0.3 is 5.97 Å². The Hall–Kier alpha value is -1.32. The van der Waals surface area contributed by atoms with Crippen LogP contribution in [0, 0.1) is 11.3 Å². The van der Waals surface area contributed by atoms with Crippen molar-refractivity contribution in [2.24, 2.45) is 11.3 Å². The smallest absolute Gasteiger partial charge is 0.303 e. The van der Waals surface area contributed by atoms with Crippen LogP contribution in [0.3, 0.4) is 0 Å². The third kappa shape index (κ3) is 5.35. The third-order valence-corrected chi connectivity index (χ3v) is 4.12. The fourth-order valence-corrected chi connectivity index (χ4v) is 2.32. The van der Waals surface area contributed by atoms with E-state index in [1.807, 2.05) is 11.8 Å². The minimum absolute atomic E-state index is 0.00809. The predicted octanol–water partition coefficient (Wildman–Crippen LogP) is 3.08. The Morgan fingerprint density at radius 2 is 2.00 bits per heavy atom. The van der Waals surface area contributed by atoms with E-state index >= 15 is 0 Å². The number of likely N-dealkylation sites (tertiary alicyclic amines) is 1. The Kier molecular flexibility index (Phi) is 5.78. The minimum atomic E-state index is -0.753. The quantitative estimate of drug-likeness (QED) is 0.806.